The van der Waals surface area contributed by atoms with Gasteiger partial charge in [0.15, 0.2) is 0 Å². The topological polar surface area (TPSA) is 32.3 Å². The second-order valence-corrected chi connectivity index (χ2v) is 3.24. The molecule has 0 aromatic rings. The summed E-state index contributed by atoms with van der Waals surface area (Å²) in [5.74, 6) is 0. The van der Waals surface area contributed by atoms with Gasteiger partial charge in [-0.1, -0.05) is 12.5 Å². The van der Waals surface area contributed by atoms with Crippen molar-refractivity contribution >= 4 is 0 Å². The quantitative estimate of drug-likeness (QED) is 0.447. The van der Waals surface area contributed by atoms with Crippen LogP contribution in [-0.2, 0) is 0 Å². The molecule has 0 bridgehead atoms. The highest BCUT2D eigenvalue weighted by atomic mass is 19.3. The molecule has 0 saturated heterocycles. The number of halogens is 2. The molecule has 0 aromatic heterocycles. The molecule has 0 aliphatic carbocycles. The maximum absolute atomic E-state index is 11.8. The number of rotatable bonds is 9. The number of hydrogen-bond donors (Lipinski definition) is 2. The van der Waals surface area contributed by atoms with Crippen LogP contribution >= 0.6 is 0 Å². The van der Waals surface area contributed by atoms with Crippen LogP contribution in [0.4, 0.5) is 8.78 Å². The van der Waals surface area contributed by atoms with Gasteiger partial charge in [-0.2, -0.15) is 0 Å². The molecule has 0 saturated carbocycles. The second-order valence-electron chi connectivity index (χ2n) is 3.24. The van der Waals surface area contributed by atoms with Gasteiger partial charge < -0.3 is 10.4 Å². The Hall–Kier alpha value is -0.480. The lowest BCUT2D eigenvalue weighted by molar-refractivity contribution is -0.00317. The average molecular weight is 207 g/mol. The minimum Gasteiger partial charge on any atom is -0.386 e. The maximum atomic E-state index is 11.8. The number of nitrogens with one attached hydrogen (secondary N) is 1. The van der Waals surface area contributed by atoms with Gasteiger partial charge in [0.1, 0.15) is 6.10 Å². The molecule has 84 valence electrons. The van der Waals surface area contributed by atoms with Gasteiger partial charge >= 0.3 is 0 Å². The largest absolute Gasteiger partial charge is 0.386 e. The van der Waals surface area contributed by atoms with Gasteiger partial charge in [-0.15, -0.1) is 6.58 Å². The molecular weight excluding hydrogens is 188 g/mol. The van der Waals surface area contributed by atoms with Crippen LogP contribution in [0.15, 0.2) is 12.7 Å². The van der Waals surface area contributed by atoms with Crippen LogP contribution in [0.25, 0.3) is 0 Å². The van der Waals surface area contributed by atoms with Crippen molar-refractivity contribution in [1.82, 2.24) is 5.32 Å². The summed E-state index contributed by atoms with van der Waals surface area (Å²) in [4.78, 5) is 0. The molecule has 2 nitrogen and oxygen atoms in total. The summed E-state index contributed by atoms with van der Waals surface area (Å²) in [7, 11) is 0. The Bertz CT molecular complexity index is 142. The van der Waals surface area contributed by atoms with Crippen LogP contribution in [0, 0.1) is 0 Å². The molecule has 0 fully saturated rings. The van der Waals surface area contributed by atoms with Gasteiger partial charge in [0.05, 0.1) is 0 Å². The summed E-state index contributed by atoms with van der Waals surface area (Å²) in [6, 6.07) is 0. The SMILES string of the molecule is C=CCCCCCNCC(O)C(F)F. The highest BCUT2D eigenvalue weighted by Gasteiger charge is 2.15. The third-order valence-electron chi connectivity index (χ3n) is 1.91. The monoisotopic (exact) mass is 207 g/mol. The zero-order valence-corrected chi connectivity index (χ0v) is 8.38. The van der Waals surface area contributed by atoms with E-state index in [0.29, 0.717) is 6.54 Å². The Labute approximate surface area is 84.0 Å². The van der Waals surface area contributed by atoms with Crippen LogP contribution in [-0.4, -0.2) is 30.7 Å². The van der Waals surface area contributed by atoms with Gasteiger partial charge in [0.25, 0.3) is 6.43 Å². The third-order valence-corrected chi connectivity index (χ3v) is 1.91. The van der Waals surface area contributed by atoms with Crippen LogP contribution in [0.5, 0.6) is 0 Å². The Morgan fingerprint density at radius 2 is 2.00 bits per heavy atom. The molecule has 0 aliphatic rings. The molecule has 4 heteroatoms. The summed E-state index contributed by atoms with van der Waals surface area (Å²) < 4.78 is 23.6. The van der Waals surface area contributed by atoms with Crippen LogP contribution in [0.3, 0.4) is 0 Å². The van der Waals surface area contributed by atoms with Crippen molar-refractivity contribution in [1.29, 1.82) is 0 Å². The van der Waals surface area contributed by atoms with Crippen molar-refractivity contribution in [3.8, 4) is 0 Å². The van der Waals surface area contributed by atoms with Crippen molar-refractivity contribution < 1.29 is 13.9 Å². The maximum Gasteiger partial charge on any atom is 0.265 e. The average Bonchev–Trinajstić information content (AvgIpc) is 2.16. The van der Waals surface area contributed by atoms with E-state index < -0.39 is 12.5 Å². The van der Waals surface area contributed by atoms with E-state index >= 15 is 0 Å². The zero-order valence-electron chi connectivity index (χ0n) is 8.38. The summed E-state index contributed by atoms with van der Waals surface area (Å²) >= 11 is 0. The predicted molar refractivity (Wildman–Crippen MR) is 53.5 cm³/mol. The van der Waals surface area contributed by atoms with E-state index in [4.69, 9.17) is 5.11 Å². The fraction of sp³-hybridized carbons (Fsp3) is 0.800. The fourth-order valence-electron chi connectivity index (χ4n) is 1.05. The number of alkyl halides is 2. The Balaban J connectivity index is 3.09. The van der Waals surface area contributed by atoms with E-state index in [2.05, 4.69) is 11.9 Å². The number of aliphatic hydroxyl groups is 1. The second kappa shape index (κ2) is 9.09. The third kappa shape index (κ3) is 8.13. The molecule has 1 atom stereocenters. The van der Waals surface area contributed by atoms with E-state index in [1.54, 1.807) is 0 Å². The van der Waals surface area contributed by atoms with E-state index in [1.807, 2.05) is 6.08 Å². The first-order valence-electron chi connectivity index (χ1n) is 4.96. The van der Waals surface area contributed by atoms with Crippen LogP contribution in [0.2, 0.25) is 0 Å². The van der Waals surface area contributed by atoms with Gasteiger partial charge in [0, 0.05) is 6.54 Å². The smallest absolute Gasteiger partial charge is 0.265 e. The molecule has 0 amide bonds. The molecule has 0 spiro atoms. The van der Waals surface area contributed by atoms with Crippen LogP contribution in [0.1, 0.15) is 25.7 Å². The molecule has 0 aliphatic heterocycles. The fourth-order valence-corrected chi connectivity index (χ4v) is 1.05. The molecule has 0 aromatic carbocycles. The summed E-state index contributed by atoms with van der Waals surface area (Å²) in [6.45, 7) is 4.26. The number of unbranched alkanes of at least 4 members (excludes halogenated alkanes) is 3. The Morgan fingerprint density at radius 1 is 1.29 bits per heavy atom. The molecule has 0 radical (unpaired) electrons. The van der Waals surface area contributed by atoms with Crippen molar-refractivity contribution in [3.63, 3.8) is 0 Å². The Kier molecular flexibility index (Phi) is 8.78. The van der Waals surface area contributed by atoms with Gasteiger partial charge in [-0.3, -0.25) is 0 Å². The zero-order chi connectivity index (χ0) is 10.8. The van der Waals surface area contributed by atoms with Crippen molar-refractivity contribution in [2.24, 2.45) is 0 Å². The lowest BCUT2D eigenvalue weighted by atomic mass is 10.2. The Morgan fingerprint density at radius 3 is 2.57 bits per heavy atom. The van der Waals surface area contributed by atoms with Gasteiger partial charge in [0.2, 0.25) is 0 Å². The molecular formula is C10H19F2NO. The molecule has 0 heterocycles. The molecule has 14 heavy (non-hydrogen) atoms. The first-order chi connectivity index (χ1) is 6.68. The van der Waals surface area contributed by atoms with Gasteiger partial charge in [-0.05, 0) is 25.8 Å². The highest BCUT2D eigenvalue weighted by molar-refractivity contribution is 4.66. The first-order valence-corrected chi connectivity index (χ1v) is 4.96. The predicted octanol–water partition coefficient (Wildman–Crippen LogP) is 1.95. The molecule has 2 N–H and O–H groups in total. The summed E-state index contributed by atoms with van der Waals surface area (Å²) in [5.41, 5.74) is 0. The van der Waals surface area contributed by atoms with E-state index in [9.17, 15) is 8.78 Å². The normalized spacial score (nSPS) is 13.1. The molecule has 1 unspecified atom stereocenters. The van der Waals surface area contributed by atoms with Crippen LogP contribution < -0.4 is 5.32 Å². The lowest BCUT2D eigenvalue weighted by Gasteiger charge is -2.10. The number of aliphatic hydroxyl groups excluding tert-OH is 1. The van der Waals surface area contributed by atoms with Crippen molar-refractivity contribution in [3.05, 3.63) is 12.7 Å². The summed E-state index contributed by atoms with van der Waals surface area (Å²) in [6.07, 6.45) is 1.77. The van der Waals surface area contributed by atoms with E-state index in [-0.39, 0.29) is 6.54 Å². The van der Waals surface area contributed by atoms with E-state index in [0.717, 1.165) is 25.7 Å². The minimum atomic E-state index is -2.65. The van der Waals surface area contributed by atoms with Gasteiger partial charge in [-0.25, -0.2) is 8.78 Å². The first kappa shape index (κ1) is 13.5. The lowest BCUT2D eigenvalue weighted by Crippen LogP contribution is -2.32. The number of hydrogen-bond acceptors (Lipinski definition) is 2. The highest BCUT2D eigenvalue weighted by Crippen LogP contribution is 2.00. The minimum absolute atomic E-state index is 0.0286. The standard InChI is InChI=1S/C10H19F2NO/c1-2-3-4-5-6-7-13-8-9(14)10(11)12/h2,9-10,13-14H,1,3-8H2. The van der Waals surface area contributed by atoms with Crippen molar-refractivity contribution in [2.75, 3.05) is 13.1 Å². The van der Waals surface area contributed by atoms with E-state index in [1.165, 1.54) is 0 Å². The summed E-state index contributed by atoms with van der Waals surface area (Å²) in [5, 5.41) is 11.5. The number of allylic oxidation sites excluding steroid dienone is 1. The van der Waals surface area contributed by atoms with Crippen molar-refractivity contribution in [2.45, 2.75) is 38.2 Å². The molecule has 0 rings (SSSR count).